The standard InChI is InChI=1S/C12H24N2/c1-3-12(2)11-13-7-10-14-8-5-4-6-9-14/h3,13H,4-11H2,1-2H3/b12-3-. The maximum atomic E-state index is 3.47. The lowest BCUT2D eigenvalue weighted by Gasteiger charge is -2.26. The van der Waals surface area contributed by atoms with E-state index in [1.54, 1.807) is 0 Å². The number of likely N-dealkylation sites (tertiary alicyclic amines) is 1. The van der Waals surface area contributed by atoms with Crippen LogP contribution in [0.5, 0.6) is 0 Å². The molecular formula is C12H24N2. The summed E-state index contributed by atoms with van der Waals surface area (Å²) < 4.78 is 0. The lowest BCUT2D eigenvalue weighted by molar-refractivity contribution is 0.230. The minimum Gasteiger partial charge on any atom is -0.312 e. The summed E-state index contributed by atoms with van der Waals surface area (Å²) in [6.45, 7) is 10.3. The quantitative estimate of drug-likeness (QED) is 0.534. The highest BCUT2D eigenvalue weighted by Gasteiger charge is 2.08. The molecule has 1 heterocycles. The van der Waals surface area contributed by atoms with Crippen molar-refractivity contribution < 1.29 is 0 Å². The molecule has 1 saturated heterocycles. The fraction of sp³-hybridized carbons (Fsp3) is 0.833. The van der Waals surface area contributed by atoms with E-state index in [1.165, 1.54) is 44.5 Å². The van der Waals surface area contributed by atoms with Crippen LogP contribution in [-0.4, -0.2) is 37.6 Å². The monoisotopic (exact) mass is 196 g/mol. The van der Waals surface area contributed by atoms with E-state index in [-0.39, 0.29) is 0 Å². The van der Waals surface area contributed by atoms with Crippen LogP contribution in [0.3, 0.4) is 0 Å². The van der Waals surface area contributed by atoms with E-state index in [0.717, 1.165) is 13.1 Å². The molecule has 1 fully saturated rings. The lowest BCUT2D eigenvalue weighted by atomic mass is 10.1. The van der Waals surface area contributed by atoms with E-state index in [0.29, 0.717) is 0 Å². The third kappa shape index (κ3) is 4.77. The number of hydrogen-bond donors (Lipinski definition) is 1. The van der Waals surface area contributed by atoms with Gasteiger partial charge in [-0.15, -0.1) is 0 Å². The van der Waals surface area contributed by atoms with Crippen molar-refractivity contribution in [2.24, 2.45) is 0 Å². The molecule has 0 unspecified atom stereocenters. The normalized spacial score (nSPS) is 20.0. The summed E-state index contributed by atoms with van der Waals surface area (Å²) in [6.07, 6.45) is 6.40. The van der Waals surface area contributed by atoms with Gasteiger partial charge >= 0.3 is 0 Å². The fourth-order valence-corrected chi connectivity index (χ4v) is 1.81. The average molecular weight is 196 g/mol. The molecule has 1 N–H and O–H groups in total. The van der Waals surface area contributed by atoms with Gasteiger partial charge in [-0.2, -0.15) is 0 Å². The molecule has 1 rings (SSSR count). The van der Waals surface area contributed by atoms with E-state index >= 15 is 0 Å². The van der Waals surface area contributed by atoms with Crippen molar-refractivity contribution in [3.63, 3.8) is 0 Å². The minimum absolute atomic E-state index is 1.05. The van der Waals surface area contributed by atoms with E-state index < -0.39 is 0 Å². The Morgan fingerprint density at radius 3 is 2.64 bits per heavy atom. The van der Waals surface area contributed by atoms with Gasteiger partial charge in [0.2, 0.25) is 0 Å². The number of rotatable bonds is 5. The molecule has 0 aromatic heterocycles. The highest BCUT2D eigenvalue weighted by molar-refractivity contribution is 4.97. The van der Waals surface area contributed by atoms with Crippen molar-refractivity contribution in [2.75, 3.05) is 32.7 Å². The second-order valence-corrected chi connectivity index (χ2v) is 4.21. The van der Waals surface area contributed by atoms with Crippen molar-refractivity contribution in [1.82, 2.24) is 10.2 Å². The lowest BCUT2D eigenvalue weighted by Crippen LogP contribution is -2.36. The van der Waals surface area contributed by atoms with Crippen LogP contribution in [0.2, 0.25) is 0 Å². The Balaban J connectivity index is 1.97. The molecule has 0 aromatic carbocycles. The Morgan fingerprint density at radius 1 is 1.29 bits per heavy atom. The first kappa shape index (κ1) is 11.7. The molecule has 0 atom stereocenters. The summed E-state index contributed by atoms with van der Waals surface area (Å²) in [6, 6.07) is 0. The van der Waals surface area contributed by atoms with Gasteiger partial charge in [-0.1, -0.05) is 18.1 Å². The van der Waals surface area contributed by atoms with Crippen LogP contribution in [0.15, 0.2) is 11.6 Å². The van der Waals surface area contributed by atoms with Crippen molar-refractivity contribution in [3.05, 3.63) is 11.6 Å². The molecule has 2 heteroatoms. The number of nitrogens with zero attached hydrogens (tertiary/aromatic N) is 1. The van der Waals surface area contributed by atoms with Crippen LogP contribution in [0, 0.1) is 0 Å². The first-order chi connectivity index (χ1) is 6.83. The number of hydrogen-bond acceptors (Lipinski definition) is 2. The molecule has 82 valence electrons. The van der Waals surface area contributed by atoms with E-state index in [2.05, 4.69) is 30.1 Å². The smallest absolute Gasteiger partial charge is 0.0162 e. The second-order valence-electron chi connectivity index (χ2n) is 4.21. The highest BCUT2D eigenvalue weighted by Crippen LogP contribution is 2.07. The van der Waals surface area contributed by atoms with Crippen molar-refractivity contribution in [3.8, 4) is 0 Å². The van der Waals surface area contributed by atoms with Crippen LogP contribution >= 0.6 is 0 Å². The third-order valence-corrected chi connectivity index (χ3v) is 2.95. The molecule has 14 heavy (non-hydrogen) atoms. The summed E-state index contributed by atoms with van der Waals surface area (Å²) >= 11 is 0. The predicted molar refractivity (Wildman–Crippen MR) is 62.6 cm³/mol. The zero-order chi connectivity index (χ0) is 10.2. The van der Waals surface area contributed by atoms with Crippen LogP contribution in [0.25, 0.3) is 0 Å². The number of piperidine rings is 1. The molecule has 1 aliphatic rings. The van der Waals surface area contributed by atoms with Gasteiger partial charge in [-0.3, -0.25) is 0 Å². The Kier molecular flexibility index (Phi) is 5.88. The van der Waals surface area contributed by atoms with Crippen molar-refractivity contribution in [2.45, 2.75) is 33.1 Å². The molecular weight excluding hydrogens is 172 g/mol. The zero-order valence-corrected chi connectivity index (χ0v) is 9.68. The summed E-state index contributed by atoms with van der Waals surface area (Å²) in [5.74, 6) is 0. The number of nitrogens with one attached hydrogen (secondary N) is 1. The largest absolute Gasteiger partial charge is 0.312 e. The van der Waals surface area contributed by atoms with Crippen LogP contribution in [-0.2, 0) is 0 Å². The summed E-state index contributed by atoms with van der Waals surface area (Å²) in [5, 5.41) is 3.47. The maximum Gasteiger partial charge on any atom is 0.0162 e. The van der Waals surface area contributed by atoms with Gasteiger partial charge in [-0.25, -0.2) is 0 Å². The summed E-state index contributed by atoms with van der Waals surface area (Å²) in [5.41, 5.74) is 1.43. The van der Waals surface area contributed by atoms with E-state index in [4.69, 9.17) is 0 Å². The summed E-state index contributed by atoms with van der Waals surface area (Å²) in [4.78, 5) is 2.57. The minimum atomic E-state index is 1.05. The van der Waals surface area contributed by atoms with Crippen molar-refractivity contribution >= 4 is 0 Å². The molecule has 0 amide bonds. The molecule has 0 radical (unpaired) electrons. The molecule has 0 bridgehead atoms. The average Bonchev–Trinajstić information content (AvgIpc) is 2.25. The van der Waals surface area contributed by atoms with E-state index in [1.807, 2.05) is 0 Å². The zero-order valence-electron chi connectivity index (χ0n) is 9.68. The Hall–Kier alpha value is -0.340. The van der Waals surface area contributed by atoms with Crippen LogP contribution in [0.1, 0.15) is 33.1 Å². The molecule has 2 nitrogen and oxygen atoms in total. The predicted octanol–water partition coefficient (Wildman–Crippen LogP) is 2.03. The van der Waals surface area contributed by atoms with E-state index in [9.17, 15) is 0 Å². The first-order valence-corrected chi connectivity index (χ1v) is 5.88. The Morgan fingerprint density at radius 2 is 2.00 bits per heavy atom. The van der Waals surface area contributed by atoms with Gasteiger partial charge in [0.1, 0.15) is 0 Å². The molecule has 0 spiro atoms. The Bertz CT molecular complexity index is 169. The van der Waals surface area contributed by atoms with Gasteiger partial charge in [0, 0.05) is 19.6 Å². The van der Waals surface area contributed by atoms with Gasteiger partial charge in [-0.05, 0) is 39.8 Å². The first-order valence-electron chi connectivity index (χ1n) is 5.88. The van der Waals surface area contributed by atoms with Gasteiger partial charge in [0.15, 0.2) is 0 Å². The number of allylic oxidation sites excluding steroid dienone is 1. The molecule has 0 aromatic rings. The van der Waals surface area contributed by atoms with Gasteiger partial charge < -0.3 is 10.2 Å². The van der Waals surface area contributed by atoms with Crippen LogP contribution < -0.4 is 5.32 Å². The Labute approximate surface area is 88.4 Å². The van der Waals surface area contributed by atoms with Gasteiger partial charge in [0.25, 0.3) is 0 Å². The third-order valence-electron chi connectivity index (χ3n) is 2.95. The fourth-order valence-electron chi connectivity index (χ4n) is 1.81. The maximum absolute atomic E-state index is 3.47. The highest BCUT2D eigenvalue weighted by atomic mass is 15.1. The van der Waals surface area contributed by atoms with Crippen molar-refractivity contribution in [1.29, 1.82) is 0 Å². The second kappa shape index (κ2) is 7.02. The molecule has 0 aliphatic carbocycles. The molecule has 1 aliphatic heterocycles. The topological polar surface area (TPSA) is 15.3 Å². The van der Waals surface area contributed by atoms with Gasteiger partial charge in [0.05, 0.1) is 0 Å². The van der Waals surface area contributed by atoms with Crippen LogP contribution in [0.4, 0.5) is 0 Å². The SMILES string of the molecule is C/C=C(/C)CNCCN1CCCCC1. The molecule has 0 saturated carbocycles. The summed E-state index contributed by atoms with van der Waals surface area (Å²) in [7, 11) is 0.